The molecule has 0 aromatic heterocycles. The van der Waals surface area contributed by atoms with Gasteiger partial charge in [0.15, 0.2) is 0 Å². The minimum atomic E-state index is -0.265. The fourth-order valence-electron chi connectivity index (χ4n) is 3.37. The number of anilines is 1. The Hall–Kier alpha value is -2.86. The molecule has 1 fully saturated rings. The van der Waals surface area contributed by atoms with E-state index in [1.165, 1.54) is 5.56 Å². The molecule has 3 rings (SSSR count). The molecule has 2 aromatic carbocycles. The Kier molecular flexibility index (Phi) is 6.66. The zero-order valence-corrected chi connectivity index (χ0v) is 16.6. The van der Waals surface area contributed by atoms with Gasteiger partial charge in [0.25, 0.3) is 5.91 Å². The number of likely N-dealkylation sites (tertiary alicyclic amines) is 1. The molecule has 148 valence electrons. The maximum absolute atomic E-state index is 12.4. The normalized spacial score (nSPS) is 13.6. The molecule has 1 heterocycles. The third-order valence-corrected chi connectivity index (χ3v) is 4.83. The van der Waals surface area contributed by atoms with Crippen LogP contribution in [-0.4, -0.2) is 48.9 Å². The van der Waals surface area contributed by atoms with Gasteiger partial charge in [0.1, 0.15) is 0 Å². The molecule has 1 aliphatic heterocycles. The van der Waals surface area contributed by atoms with Crippen molar-refractivity contribution in [3.05, 3.63) is 65.2 Å². The lowest BCUT2D eigenvalue weighted by Gasteiger charge is -2.16. The van der Waals surface area contributed by atoms with Crippen molar-refractivity contribution in [1.29, 1.82) is 0 Å². The van der Waals surface area contributed by atoms with E-state index in [0.717, 1.165) is 38.0 Å². The highest BCUT2D eigenvalue weighted by atomic mass is 16.2. The zero-order valence-electron chi connectivity index (χ0n) is 16.6. The number of carbonyl (C=O) groups is 2. The van der Waals surface area contributed by atoms with Gasteiger partial charge in [-0.3, -0.25) is 4.79 Å². The van der Waals surface area contributed by atoms with Crippen LogP contribution in [0.1, 0.15) is 34.3 Å². The van der Waals surface area contributed by atoms with Crippen LogP contribution in [0, 0.1) is 0 Å². The van der Waals surface area contributed by atoms with Crippen LogP contribution < -0.4 is 10.6 Å². The molecule has 1 aliphatic rings. The largest absolute Gasteiger partial charge is 0.339 e. The molecular weight excluding hydrogens is 352 g/mol. The summed E-state index contributed by atoms with van der Waals surface area (Å²) in [6.45, 7) is 2.94. The lowest BCUT2D eigenvalue weighted by molar-refractivity contribution is 0.0793. The van der Waals surface area contributed by atoms with Gasteiger partial charge >= 0.3 is 6.03 Å². The molecule has 0 saturated carbocycles. The molecule has 2 aromatic rings. The summed E-state index contributed by atoms with van der Waals surface area (Å²) < 4.78 is 0. The molecule has 2 N–H and O–H groups in total. The van der Waals surface area contributed by atoms with Crippen molar-refractivity contribution in [2.24, 2.45) is 0 Å². The minimum Gasteiger partial charge on any atom is -0.339 e. The summed E-state index contributed by atoms with van der Waals surface area (Å²) in [6.07, 6.45) is 2.15. The molecule has 6 heteroatoms. The van der Waals surface area contributed by atoms with E-state index in [-0.39, 0.29) is 11.9 Å². The van der Waals surface area contributed by atoms with E-state index < -0.39 is 0 Å². The minimum absolute atomic E-state index is 0.0611. The van der Waals surface area contributed by atoms with Crippen LogP contribution in [0.2, 0.25) is 0 Å². The quantitative estimate of drug-likeness (QED) is 0.808. The van der Waals surface area contributed by atoms with Gasteiger partial charge in [-0.2, -0.15) is 0 Å². The molecule has 1 saturated heterocycles. The maximum Gasteiger partial charge on any atom is 0.319 e. The van der Waals surface area contributed by atoms with E-state index in [4.69, 9.17) is 0 Å². The number of rotatable bonds is 6. The van der Waals surface area contributed by atoms with Crippen molar-refractivity contribution in [3.8, 4) is 0 Å². The highest BCUT2D eigenvalue weighted by Gasteiger charge is 2.19. The standard InChI is InChI=1S/C22H28N4O2/c1-25(2)16-19-8-4-3-7-18(19)15-23-22(28)24-20-11-9-17(10-12-20)21(27)26-13-5-6-14-26/h3-4,7-12H,5-6,13-16H2,1-2H3,(H2,23,24,28). The molecule has 6 nitrogen and oxygen atoms in total. The number of nitrogens with one attached hydrogen (secondary N) is 2. The number of hydrogen-bond donors (Lipinski definition) is 2. The lowest BCUT2D eigenvalue weighted by atomic mass is 10.1. The van der Waals surface area contributed by atoms with Crippen LogP contribution in [0.3, 0.4) is 0 Å². The Morgan fingerprint density at radius 2 is 1.61 bits per heavy atom. The maximum atomic E-state index is 12.4. The molecule has 0 unspecified atom stereocenters. The van der Waals surface area contributed by atoms with E-state index in [0.29, 0.717) is 17.8 Å². The fourth-order valence-corrected chi connectivity index (χ4v) is 3.37. The Labute approximate surface area is 166 Å². The average Bonchev–Trinajstić information content (AvgIpc) is 3.22. The van der Waals surface area contributed by atoms with Crippen molar-refractivity contribution in [1.82, 2.24) is 15.1 Å². The van der Waals surface area contributed by atoms with Gasteiger partial charge in [-0.05, 0) is 62.3 Å². The average molecular weight is 380 g/mol. The van der Waals surface area contributed by atoms with Crippen LogP contribution in [0.5, 0.6) is 0 Å². The number of carbonyl (C=O) groups excluding carboxylic acids is 2. The van der Waals surface area contributed by atoms with Crippen LogP contribution in [0.15, 0.2) is 48.5 Å². The van der Waals surface area contributed by atoms with Gasteiger partial charge in [0.05, 0.1) is 0 Å². The van der Waals surface area contributed by atoms with Crippen molar-refractivity contribution in [3.63, 3.8) is 0 Å². The van der Waals surface area contributed by atoms with Gasteiger partial charge in [0, 0.05) is 37.4 Å². The summed E-state index contributed by atoms with van der Waals surface area (Å²) in [5, 5.41) is 5.72. The summed E-state index contributed by atoms with van der Waals surface area (Å²) in [6, 6.07) is 14.9. The highest BCUT2D eigenvalue weighted by Crippen LogP contribution is 2.15. The zero-order chi connectivity index (χ0) is 19.9. The highest BCUT2D eigenvalue weighted by molar-refractivity contribution is 5.95. The molecule has 3 amide bonds. The number of nitrogens with zero attached hydrogens (tertiary/aromatic N) is 2. The Balaban J connectivity index is 1.53. The first kappa shape index (κ1) is 19.9. The van der Waals surface area contributed by atoms with Crippen molar-refractivity contribution in [2.75, 3.05) is 32.5 Å². The SMILES string of the molecule is CN(C)Cc1ccccc1CNC(=O)Nc1ccc(C(=O)N2CCCC2)cc1. The molecule has 0 aliphatic carbocycles. The molecule has 28 heavy (non-hydrogen) atoms. The Morgan fingerprint density at radius 1 is 0.964 bits per heavy atom. The third kappa shape index (κ3) is 5.33. The van der Waals surface area contributed by atoms with E-state index in [9.17, 15) is 9.59 Å². The number of benzene rings is 2. The molecular formula is C22H28N4O2. The van der Waals surface area contributed by atoms with E-state index in [2.05, 4.69) is 21.6 Å². The van der Waals surface area contributed by atoms with Crippen LogP contribution in [-0.2, 0) is 13.1 Å². The molecule has 0 spiro atoms. The fraction of sp³-hybridized carbons (Fsp3) is 0.364. The Morgan fingerprint density at radius 3 is 2.25 bits per heavy atom. The van der Waals surface area contributed by atoms with Gasteiger partial charge in [0.2, 0.25) is 0 Å². The van der Waals surface area contributed by atoms with Gasteiger partial charge < -0.3 is 20.4 Å². The summed E-state index contributed by atoms with van der Waals surface area (Å²) in [5.41, 5.74) is 3.61. The van der Waals surface area contributed by atoms with Crippen molar-refractivity contribution >= 4 is 17.6 Å². The van der Waals surface area contributed by atoms with E-state index in [1.807, 2.05) is 37.2 Å². The first-order chi connectivity index (χ1) is 13.5. The second kappa shape index (κ2) is 9.37. The number of amides is 3. The summed E-state index contributed by atoms with van der Waals surface area (Å²) in [7, 11) is 4.05. The van der Waals surface area contributed by atoms with Gasteiger partial charge in [-0.25, -0.2) is 4.79 Å². The second-order valence-corrected chi connectivity index (χ2v) is 7.39. The van der Waals surface area contributed by atoms with Gasteiger partial charge in [-0.15, -0.1) is 0 Å². The van der Waals surface area contributed by atoms with E-state index in [1.54, 1.807) is 24.3 Å². The van der Waals surface area contributed by atoms with Crippen LogP contribution in [0.25, 0.3) is 0 Å². The summed E-state index contributed by atoms with van der Waals surface area (Å²) in [4.78, 5) is 28.6. The van der Waals surface area contributed by atoms with Gasteiger partial charge in [-0.1, -0.05) is 24.3 Å². The van der Waals surface area contributed by atoms with Crippen LogP contribution >= 0.6 is 0 Å². The molecule has 0 atom stereocenters. The summed E-state index contributed by atoms with van der Waals surface area (Å²) in [5.74, 6) is 0.0611. The Bertz CT molecular complexity index is 812. The van der Waals surface area contributed by atoms with Crippen molar-refractivity contribution in [2.45, 2.75) is 25.9 Å². The topological polar surface area (TPSA) is 64.7 Å². The molecule has 0 bridgehead atoms. The lowest BCUT2D eigenvalue weighted by Crippen LogP contribution is -2.29. The predicted molar refractivity (Wildman–Crippen MR) is 111 cm³/mol. The van der Waals surface area contributed by atoms with Crippen molar-refractivity contribution < 1.29 is 9.59 Å². The second-order valence-electron chi connectivity index (χ2n) is 7.39. The monoisotopic (exact) mass is 380 g/mol. The number of urea groups is 1. The van der Waals surface area contributed by atoms with Crippen LogP contribution in [0.4, 0.5) is 10.5 Å². The smallest absolute Gasteiger partial charge is 0.319 e. The predicted octanol–water partition coefficient (Wildman–Crippen LogP) is 3.31. The number of hydrogen-bond acceptors (Lipinski definition) is 3. The summed E-state index contributed by atoms with van der Waals surface area (Å²) >= 11 is 0. The first-order valence-corrected chi connectivity index (χ1v) is 9.68. The molecule has 0 radical (unpaired) electrons. The van der Waals surface area contributed by atoms with E-state index >= 15 is 0 Å². The first-order valence-electron chi connectivity index (χ1n) is 9.68. The third-order valence-electron chi connectivity index (χ3n) is 4.83.